The number of pyridine rings is 1. The average Bonchev–Trinajstić information content (AvgIpc) is 3.41. The number of fused-ring (bicyclic) bond motifs is 6. The summed E-state index contributed by atoms with van der Waals surface area (Å²) in [6.07, 6.45) is 1.54. The van der Waals surface area contributed by atoms with Crippen molar-refractivity contribution >= 4 is 27.7 Å². The Kier molecular flexibility index (Phi) is 9.21. The molecule has 0 atom stereocenters. The molecule has 0 fully saturated rings. The van der Waals surface area contributed by atoms with Gasteiger partial charge in [-0.05, 0) is 47.2 Å². The number of para-hydroxylation sites is 2. The Morgan fingerprint density at radius 2 is 1.63 bits per heavy atom. The van der Waals surface area contributed by atoms with Gasteiger partial charge in [0.2, 0.25) is 0 Å². The third-order valence-corrected chi connectivity index (χ3v) is 7.74. The van der Waals surface area contributed by atoms with E-state index >= 15 is 0 Å². The molecule has 5 aromatic rings. The van der Waals surface area contributed by atoms with Crippen LogP contribution in [0.4, 0.5) is 0 Å². The van der Waals surface area contributed by atoms with Gasteiger partial charge in [-0.1, -0.05) is 103 Å². The molecule has 225 valence electrons. The normalized spacial score (nSPS) is 13.7. The minimum absolute atomic E-state index is 0. The summed E-state index contributed by atoms with van der Waals surface area (Å²) in [4.78, 5) is 15.6. The number of benzene rings is 3. The summed E-state index contributed by atoms with van der Waals surface area (Å²) in [7, 11) is 0. The molecule has 0 aliphatic heterocycles. The van der Waals surface area contributed by atoms with Crippen molar-refractivity contribution in [1.82, 2.24) is 4.98 Å². The van der Waals surface area contributed by atoms with Crippen LogP contribution in [0, 0.1) is 6.07 Å². The second-order valence-corrected chi connectivity index (χ2v) is 13.0. The second kappa shape index (κ2) is 12.2. The minimum Gasteiger partial charge on any atom is -0.686 e. The van der Waals surface area contributed by atoms with Crippen molar-refractivity contribution in [1.29, 1.82) is 0 Å². The van der Waals surface area contributed by atoms with E-state index in [0.717, 1.165) is 39.4 Å². The van der Waals surface area contributed by atoms with Crippen molar-refractivity contribution in [2.75, 3.05) is 0 Å². The van der Waals surface area contributed by atoms with Crippen molar-refractivity contribution in [2.45, 2.75) is 79.2 Å². The Hall–Kier alpha value is -3.53. The molecule has 5 heteroatoms. The summed E-state index contributed by atoms with van der Waals surface area (Å²) < 4.78 is 6.38. The number of hydrogen-bond donors (Lipinski definition) is 0. The molecule has 0 saturated heterocycles. The van der Waals surface area contributed by atoms with Crippen LogP contribution in [0.5, 0.6) is 0 Å². The van der Waals surface area contributed by atoms with Gasteiger partial charge in [-0.25, -0.2) is 0 Å². The number of nitrogens with zero attached hydrogens (tertiary/aromatic N) is 2. The summed E-state index contributed by atoms with van der Waals surface area (Å²) in [5.41, 5.74) is 9.61. The fourth-order valence-electron chi connectivity index (χ4n) is 6.18. The molecule has 4 nitrogen and oxygen atoms in total. The maximum absolute atomic E-state index is 10.5. The SMILES string of the molecule is CC(=O)/C=C(/C)[N-]C(C)C.CC(C)(C)c1cc(-c2[c-]ccc3c2C(C)(C)c2c-3oc3ccccc23)nc2ccccc12.[Ir]. The number of carbonyl (C=O) groups is 1. The van der Waals surface area contributed by atoms with Gasteiger partial charge in [0.05, 0.1) is 5.52 Å². The Morgan fingerprint density at radius 3 is 2.28 bits per heavy atom. The Bertz CT molecular complexity index is 1840. The minimum atomic E-state index is -0.209. The van der Waals surface area contributed by atoms with E-state index < -0.39 is 0 Å². The number of furan rings is 1. The number of allylic oxidation sites excluding steroid dienone is 2. The smallest absolute Gasteiger partial charge is 0.151 e. The molecule has 1 aliphatic carbocycles. The fourth-order valence-corrected chi connectivity index (χ4v) is 6.18. The number of ketones is 1. The molecule has 2 aromatic heterocycles. The molecule has 43 heavy (non-hydrogen) atoms. The van der Waals surface area contributed by atoms with Gasteiger partial charge in [0, 0.05) is 36.4 Å². The van der Waals surface area contributed by atoms with E-state index in [9.17, 15) is 4.79 Å². The van der Waals surface area contributed by atoms with E-state index in [4.69, 9.17) is 9.40 Å². The zero-order valence-corrected chi connectivity index (χ0v) is 28.9. The molecular formula is C38H40IrN2O2-2. The van der Waals surface area contributed by atoms with Crippen LogP contribution in [0.2, 0.25) is 0 Å². The second-order valence-electron chi connectivity index (χ2n) is 13.0. The zero-order valence-electron chi connectivity index (χ0n) is 26.5. The fraction of sp³-hybridized carbons (Fsp3) is 0.316. The van der Waals surface area contributed by atoms with Crippen molar-refractivity contribution < 1.29 is 29.3 Å². The molecule has 0 spiro atoms. The molecule has 1 radical (unpaired) electrons. The maximum atomic E-state index is 10.5. The molecule has 3 aromatic carbocycles. The summed E-state index contributed by atoms with van der Waals surface area (Å²) >= 11 is 0. The Morgan fingerprint density at radius 1 is 0.977 bits per heavy atom. The molecule has 2 heterocycles. The van der Waals surface area contributed by atoms with E-state index in [1.807, 2.05) is 32.9 Å². The molecule has 6 rings (SSSR count). The molecule has 0 N–H and O–H groups in total. The first-order valence-corrected chi connectivity index (χ1v) is 14.7. The molecule has 0 amide bonds. The molecule has 0 unspecified atom stereocenters. The summed E-state index contributed by atoms with van der Waals surface area (Å²) in [6, 6.07) is 27.0. The first-order chi connectivity index (χ1) is 19.8. The third-order valence-electron chi connectivity index (χ3n) is 7.74. The topological polar surface area (TPSA) is 57.2 Å². The van der Waals surface area contributed by atoms with Crippen LogP contribution in [0.15, 0.2) is 82.9 Å². The number of aromatic nitrogens is 1. The van der Waals surface area contributed by atoms with Crippen LogP contribution in [0.3, 0.4) is 0 Å². The number of hydrogen-bond acceptors (Lipinski definition) is 3. The predicted molar refractivity (Wildman–Crippen MR) is 175 cm³/mol. The van der Waals surface area contributed by atoms with Crippen LogP contribution in [0.25, 0.3) is 49.8 Å². The van der Waals surface area contributed by atoms with E-state index in [-0.39, 0.29) is 42.8 Å². The van der Waals surface area contributed by atoms with Gasteiger partial charge in [0.25, 0.3) is 0 Å². The number of carbonyl (C=O) groups excluding carboxylic acids is 1. The Labute approximate surface area is 269 Å². The van der Waals surface area contributed by atoms with Gasteiger partial charge in [0.1, 0.15) is 11.3 Å². The van der Waals surface area contributed by atoms with Crippen LogP contribution >= 0.6 is 0 Å². The maximum Gasteiger partial charge on any atom is 0.151 e. The molecule has 0 saturated carbocycles. The van der Waals surface area contributed by atoms with Gasteiger partial charge in [-0.3, -0.25) is 9.78 Å². The summed E-state index contributed by atoms with van der Waals surface area (Å²) in [5, 5.41) is 6.57. The standard InChI is InChI=1S/C30H26NO.C8H15NO.Ir/c1-29(2,3)22-17-24(31-23-15-8-6-11-18(22)23)19-13-10-14-21-26(19)30(4,5)27-20-12-7-9-16-25(20)32-28(21)27;1-6(2)9-7(3)5-8(4)10;/h6-12,14-17H,1-5H3;5-6H,1-4H3,(H,9,10);/q-1;;/p-1. The zero-order chi connectivity index (χ0) is 30.4. The van der Waals surface area contributed by atoms with E-state index in [2.05, 4.69) is 101 Å². The van der Waals surface area contributed by atoms with Gasteiger partial charge in [-0.15, -0.1) is 35.4 Å². The van der Waals surface area contributed by atoms with Crippen molar-refractivity contribution in [3.05, 3.63) is 107 Å². The largest absolute Gasteiger partial charge is 0.686 e. The molecule has 1 aliphatic rings. The van der Waals surface area contributed by atoms with E-state index in [1.54, 1.807) is 6.08 Å². The quantitative estimate of drug-likeness (QED) is 0.136. The Balaban J connectivity index is 0.000000335. The van der Waals surface area contributed by atoms with Gasteiger partial charge in [-0.2, -0.15) is 5.70 Å². The van der Waals surface area contributed by atoms with Gasteiger partial charge >= 0.3 is 0 Å². The first-order valence-electron chi connectivity index (χ1n) is 14.7. The third kappa shape index (κ3) is 6.25. The predicted octanol–water partition coefficient (Wildman–Crippen LogP) is 10.3. The first kappa shape index (κ1) is 32.4. The average molecular weight is 749 g/mol. The van der Waals surface area contributed by atoms with Crippen LogP contribution in [0.1, 0.15) is 79.0 Å². The van der Waals surface area contributed by atoms with Crippen LogP contribution in [-0.4, -0.2) is 16.8 Å². The summed E-state index contributed by atoms with van der Waals surface area (Å²) in [6.45, 7) is 18.7. The monoisotopic (exact) mass is 749 g/mol. The van der Waals surface area contributed by atoms with Gasteiger partial charge in [0.15, 0.2) is 5.78 Å². The van der Waals surface area contributed by atoms with Crippen LogP contribution < -0.4 is 0 Å². The van der Waals surface area contributed by atoms with Gasteiger partial charge < -0.3 is 9.73 Å². The van der Waals surface area contributed by atoms with Crippen molar-refractivity contribution in [3.63, 3.8) is 0 Å². The molecule has 0 bridgehead atoms. The van der Waals surface area contributed by atoms with E-state index in [1.165, 1.54) is 34.4 Å². The number of rotatable bonds is 4. The summed E-state index contributed by atoms with van der Waals surface area (Å²) in [5.74, 6) is 1.04. The van der Waals surface area contributed by atoms with Crippen LogP contribution in [-0.2, 0) is 35.7 Å². The molecular weight excluding hydrogens is 709 g/mol. The van der Waals surface area contributed by atoms with Crippen molar-refractivity contribution in [2.24, 2.45) is 0 Å². The van der Waals surface area contributed by atoms with Crippen molar-refractivity contribution in [3.8, 4) is 22.6 Å². The van der Waals surface area contributed by atoms with E-state index in [0.29, 0.717) is 0 Å².